The Morgan fingerprint density at radius 3 is 2.41 bits per heavy atom. The molecule has 0 aliphatic carbocycles. The van der Waals surface area contributed by atoms with Crippen LogP contribution in [0, 0.1) is 5.92 Å². The van der Waals surface area contributed by atoms with Gasteiger partial charge in [0, 0.05) is 27.2 Å². The molecule has 2 aliphatic heterocycles. The molecule has 1 aromatic rings. The zero-order valence-electron chi connectivity index (χ0n) is 16.6. The molecule has 0 spiro atoms. The van der Waals surface area contributed by atoms with Crippen LogP contribution in [-0.2, 0) is 20.7 Å². The maximum absolute atomic E-state index is 12.1. The number of benzene rings is 1. The van der Waals surface area contributed by atoms with Crippen LogP contribution in [0.2, 0.25) is 0 Å². The molecule has 1 N–H and O–H groups in total. The van der Waals surface area contributed by atoms with Crippen LogP contribution in [0.5, 0.6) is 0 Å². The number of likely N-dealkylation sites (tertiary alicyclic amines) is 1. The standard InChI is InChI=1S/C18H26N2O2.C2HF3O2/c1-19(2)18(21)16-12-15-9-11-20(13-17(15)22-16)10-8-14-6-4-3-5-7-14;3-2(4,5)1(6)7/h3-7,15-17H,8-13H2,1-2H3;(H,6,7)/t15-,16+,17-;/m0./s1. The van der Waals surface area contributed by atoms with Crippen LogP contribution in [0.15, 0.2) is 30.3 Å². The number of carbonyl (C=O) groups excluding carboxylic acids is 1. The predicted octanol–water partition coefficient (Wildman–Crippen LogP) is 2.43. The molecule has 2 fully saturated rings. The first-order valence-corrected chi connectivity index (χ1v) is 9.51. The molecule has 0 unspecified atom stereocenters. The van der Waals surface area contributed by atoms with Gasteiger partial charge in [-0.2, -0.15) is 13.2 Å². The summed E-state index contributed by atoms with van der Waals surface area (Å²) in [7, 11) is 3.61. The number of halogens is 3. The first kappa shape index (κ1) is 23.2. The normalized spacial score (nSPS) is 24.2. The van der Waals surface area contributed by atoms with Gasteiger partial charge in [-0.15, -0.1) is 0 Å². The molecule has 1 amide bonds. The van der Waals surface area contributed by atoms with Crippen molar-refractivity contribution in [2.24, 2.45) is 5.92 Å². The molecule has 2 heterocycles. The molecule has 1 aromatic carbocycles. The number of rotatable bonds is 4. The number of amides is 1. The highest BCUT2D eigenvalue weighted by molar-refractivity contribution is 5.80. The third-order valence-corrected chi connectivity index (χ3v) is 5.15. The Bertz CT molecular complexity index is 682. The molecule has 2 saturated heterocycles. The summed E-state index contributed by atoms with van der Waals surface area (Å²) in [5.41, 5.74) is 1.39. The van der Waals surface area contributed by atoms with Crippen molar-refractivity contribution >= 4 is 11.9 Å². The molecule has 0 radical (unpaired) electrons. The Morgan fingerprint density at radius 2 is 1.86 bits per heavy atom. The lowest BCUT2D eigenvalue weighted by molar-refractivity contribution is -0.192. The molecule has 29 heavy (non-hydrogen) atoms. The summed E-state index contributed by atoms with van der Waals surface area (Å²) in [5.74, 6) is -2.08. The minimum Gasteiger partial charge on any atom is -0.475 e. The van der Waals surface area contributed by atoms with E-state index in [-0.39, 0.29) is 18.1 Å². The maximum atomic E-state index is 12.1. The summed E-state index contributed by atoms with van der Waals surface area (Å²) in [6.07, 6.45) is -1.94. The Hall–Kier alpha value is -2.13. The third-order valence-electron chi connectivity index (χ3n) is 5.15. The van der Waals surface area contributed by atoms with E-state index >= 15 is 0 Å². The van der Waals surface area contributed by atoms with Crippen molar-refractivity contribution < 1.29 is 32.6 Å². The minimum absolute atomic E-state index is 0.116. The number of aliphatic carboxylic acids is 1. The SMILES string of the molecule is CN(C)C(=O)[C@H]1C[C@@H]2CCN(CCc3ccccc3)C[C@@H]2O1.O=C(O)C(F)(F)F. The van der Waals surface area contributed by atoms with Crippen LogP contribution in [0.3, 0.4) is 0 Å². The number of carboxylic acid groups (broad SMARTS) is 1. The number of nitrogens with zero attached hydrogens (tertiary/aromatic N) is 2. The second-order valence-corrected chi connectivity index (χ2v) is 7.52. The van der Waals surface area contributed by atoms with E-state index in [1.54, 1.807) is 19.0 Å². The van der Waals surface area contributed by atoms with E-state index in [0.29, 0.717) is 5.92 Å². The molecule has 0 aromatic heterocycles. The fraction of sp³-hybridized carbons (Fsp3) is 0.600. The number of ether oxygens (including phenoxy) is 1. The summed E-state index contributed by atoms with van der Waals surface area (Å²) < 4.78 is 37.8. The van der Waals surface area contributed by atoms with Gasteiger partial charge >= 0.3 is 12.1 Å². The Kier molecular flexibility index (Phi) is 8.04. The summed E-state index contributed by atoms with van der Waals surface area (Å²) >= 11 is 0. The quantitative estimate of drug-likeness (QED) is 0.817. The van der Waals surface area contributed by atoms with E-state index in [4.69, 9.17) is 14.6 Å². The van der Waals surface area contributed by atoms with Crippen LogP contribution < -0.4 is 0 Å². The van der Waals surface area contributed by atoms with Crippen LogP contribution >= 0.6 is 0 Å². The zero-order chi connectivity index (χ0) is 21.6. The van der Waals surface area contributed by atoms with Gasteiger partial charge in [0.2, 0.25) is 0 Å². The van der Waals surface area contributed by atoms with Gasteiger partial charge < -0.3 is 19.6 Å². The highest BCUT2D eigenvalue weighted by atomic mass is 19.4. The van der Waals surface area contributed by atoms with E-state index in [9.17, 15) is 18.0 Å². The number of hydrogen-bond acceptors (Lipinski definition) is 4. The fourth-order valence-corrected chi connectivity index (χ4v) is 3.58. The van der Waals surface area contributed by atoms with E-state index in [0.717, 1.165) is 38.9 Å². The Labute approximate surface area is 168 Å². The predicted molar refractivity (Wildman–Crippen MR) is 100 cm³/mol. The number of piperidine rings is 1. The second-order valence-electron chi connectivity index (χ2n) is 7.52. The molecule has 0 saturated carbocycles. The monoisotopic (exact) mass is 416 g/mol. The molecule has 2 aliphatic rings. The number of alkyl halides is 3. The molecule has 3 atom stereocenters. The lowest BCUT2D eigenvalue weighted by Gasteiger charge is -2.34. The average Bonchev–Trinajstić information content (AvgIpc) is 3.09. The van der Waals surface area contributed by atoms with Crippen LogP contribution in [-0.4, -0.2) is 78.9 Å². The maximum Gasteiger partial charge on any atom is 0.490 e. The van der Waals surface area contributed by atoms with Gasteiger partial charge in [-0.1, -0.05) is 30.3 Å². The lowest BCUT2D eigenvalue weighted by Crippen LogP contribution is -2.43. The molecule has 3 rings (SSSR count). The Balaban J connectivity index is 0.000000370. The van der Waals surface area contributed by atoms with Crippen molar-refractivity contribution in [3.8, 4) is 0 Å². The molecular formula is C20H27F3N2O4. The van der Waals surface area contributed by atoms with Crippen molar-refractivity contribution in [1.29, 1.82) is 0 Å². The van der Waals surface area contributed by atoms with Crippen LogP contribution in [0.4, 0.5) is 13.2 Å². The van der Waals surface area contributed by atoms with Crippen molar-refractivity contribution in [2.45, 2.75) is 37.6 Å². The lowest BCUT2D eigenvalue weighted by atomic mass is 9.91. The van der Waals surface area contributed by atoms with E-state index in [1.165, 1.54) is 5.56 Å². The highest BCUT2D eigenvalue weighted by Gasteiger charge is 2.42. The number of fused-ring (bicyclic) bond motifs is 1. The molecule has 9 heteroatoms. The van der Waals surface area contributed by atoms with E-state index < -0.39 is 12.1 Å². The third kappa shape index (κ3) is 7.01. The van der Waals surface area contributed by atoms with Crippen molar-refractivity contribution in [3.63, 3.8) is 0 Å². The minimum atomic E-state index is -5.08. The Morgan fingerprint density at radius 1 is 1.24 bits per heavy atom. The van der Waals surface area contributed by atoms with E-state index in [2.05, 4.69) is 35.2 Å². The molecule has 162 valence electrons. The summed E-state index contributed by atoms with van der Waals surface area (Å²) in [4.78, 5) is 25.1. The summed E-state index contributed by atoms with van der Waals surface area (Å²) in [6.45, 7) is 3.16. The van der Waals surface area contributed by atoms with Gasteiger partial charge in [-0.25, -0.2) is 4.79 Å². The number of hydrogen-bond donors (Lipinski definition) is 1. The average molecular weight is 416 g/mol. The largest absolute Gasteiger partial charge is 0.490 e. The first-order chi connectivity index (χ1) is 13.6. The summed E-state index contributed by atoms with van der Waals surface area (Å²) in [6, 6.07) is 10.6. The van der Waals surface area contributed by atoms with Gasteiger partial charge in [0.25, 0.3) is 5.91 Å². The number of carbonyl (C=O) groups is 2. The van der Waals surface area contributed by atoms with Crippen LogP contribution in [0.25, 0.3) is 0 Å². The summed E-state index contributed by atoms with van der Waals surface area (Å²) in [5, 5.41) is 7.12. The molecular weight excluding hydrogens is 389 g/mol. The van der Waals surface area contributed by atoms with Gasteiger partial charge in [0.15, 0.2) is 0 Å². The zero-order valence-corrected chi connectivity index (χ0v) is 16.6. The second kappa shape index (κ2) is 10.1. The van der Waals surface area contributed by atoms with Crippen LogP contribution in [0.1, 0.15) is 18.4 Å². The molecule has 0 bridgehead atoms. The van der Waals surface area contributed by atoms with Crippen molar-refractivity contribution in [1.82, 2.24) is 9.80 Å². The molecule has 6 nitrogen and oxygen atoms in total. The highest BCUT2D eigenvalue weighted by Crippen LogP contribution is 2.33. The number of likely N-dealkylation sites (N-methyl/N-ethyl adjacent to an activating group) is 1. The van der Waals surface area contributed by atoms with Gasteiger partial charge in [-0.05, 0) is 37.3 Å². The fourth-order valence-electron chi connectivity index (χ4n) is 3.58. The van der Waals surface area contributed by atoms with Crippen molar-refractivity contribution in [2.75, 3.05) is 33.7 Å². The van der Waals surface area contributed by atoms with Gasteiger partial charge in [0.05, 0.1) is 6.10 Å². The van der Waals surface area contributed by atoms with Gasteiger partial charge in [0.1, 0.15) is 6.10 Å². The number of carboxylic acids is 1. The topological polar surface area (TPSA) is 70.1 Å². The van der Waals surface area contributed by atoms with E-state index in [1.807, 2.05) is 0 Å². The van der Waals surface area contributed by atoms with Crippen molar-refractivity contribution in [3.05, 3.63) is 35.9 Å². The smallest absolute Gasteiger partial charge is 0.475 e. The van der Waals surface area contributed by atoms with Gasteiger partial charge in [-0.3, -0.25) is 4.79 Å². The first-order valence-electron chi connectivity index (χ1n) is 9.51.